The highest BCUT2D eigenvalue weighted by atomic mass is 19.1. The van der Waals surface area contributed by atoms with Crippen molar-refractivity contribution < 1.29 is 19.1 Å². The maximum Gasteiger partial charge on any atom is 0.295 e. The average Bonchev–Trinajstić information content (AvgIpc) is 3.34. The number of halogens is 1. The van der Waals surface area contributed by atoms with Gasteiger partial charge in [0.1, 0.15) is 17.6 Å². The minimum Gasteiger partial charge on any atom is -0.507 e. The minimum absolute atomic E-state index is 0.0123. The van der Waals surface area contributed by atoms with Crippen LogP contribution < -0.4 is 0 Å². The molecule has 3 heterocycles. The molecule has 4 rings (SSSR count). The zero-order valence-corrected chi connectivity index (χ0v) is 15.9. The van der Waals surface area contributed by atoms with Crippen molar-refractivity contribution in [1.29, 1.82) is 0 Å². The van der Waals surface area contributed by atoms with Crippen LogP contribution in [0.2, 0.25) is 0 Å². The van der Waals surface area contributed by atoms with Crippen molar-refractivity contribution in [2.24, 2.45) is 0 Å². The Hall–Kier alpha value is -3.06. The quantitative estimate of drug-likeness (QED) is 0.479. The Morgan fingerprint density at radius 2 is 1.79 bits per heavy atom. The van der Waals surface area contributed by atoms with Gasteiger partial charge in [0.25, 0.3) is 11.7 Å². The smallest absolute Gasteiger partial charge is 0.295 e. The summed E-state index contributed by atoms with van der Waals surface area (Å²) in [7, 11) is 0. The van der Waals surface area contributed by atoms with Crippen LogP contribution >= 0.6 is 0 Å². The molecule has 6 nitrogen and oxygen atoms in total. The summed E-state index contributed by atoms with van der Waals surface area (Å²) in [6.07, 6.45) is 3.86. The van der Waals surface area contributed by atoms with E-state index in [1.165, 1.54) is 29.2 Å². The summed E-state index contributed by atoms with van der Waals surface area (Å²) in [6, 6.07) is 9.67. The van der Waals surface area contributed by atoms with Gasteiger partial charge in [0.05, 0.1) is 11.3 Å². The van der Waals surface area contributed by atoms with E-state index in [1.807, 2.05) is 0 Å². The number of aliphatic hydroxyl groups excluding tert-OH is 1. The fourth-order valence-corrected chi connectivity index (χ4v) is 3.97. The van der Waals surface area contributed by atoms with Crippen LogP contribution in [0.5, 0.6) is 0 Å². The standard InChI is InChI=1S/C22H22FN3O3/c23-16-8-6-15(7-9-16)20(27)18-19(17-5-1-2-10-24-17)26(22(29)21(18)28)14-13-25-11-3-4-12-25/h1-2,5-10,19,27H,3-4,11-14H2/b20-18+. The number of benzene rings is 1. The average molecular weight is 395 g/mol. The number of carbonyl (C=O) groups excluding carboxylic acids is 2. The van der Waals surface area contributed by atoms with Gasteiger partial charge in [-0.05, 0) is 62.3 Å². The molecule has 1 unspecified atom stereocenters. The molecule has 2 aliphatic rings. The van der Waals surface area contributed by atoms with Crippen molar-refractivity contribution in [1.82, 2.24) is 14.8 Å². The van der Waals surface area contributed by atoms with Gasteiger partial charge in [-0.3, -0.25) is 14.6 Å². The molecule has 0 aliphatic carbocycles. The molecular formula is C22H22FN3O3. The number of likely N-dealkylation sites (tertiary alicyclic amines) is 2. The van der Waals surface area contributed by atoms with Gasteiger partial charge < -0.3 is 14.9 Å². The van der Waals surface area contributed by atoms with E-state index in [2.05, 4.69) is 9.88 Å². The molecule has 150 valence electrons. The van der Waals surface area contributed by atoms with E-state index in [4.69, 9.17) is 0 Å². The highest BCUT2D eigenvalue weighted by Crippen LogP contribution is 2.38. The van der Waals surface area contributed by atoms with E-state index in [0.717, 1.165) is 25.9 Å². The van der Waals surface area contributed by atoms with Crippen molar-refractivity contribution >= 4 is 17.4 Å². The lowest BCUT2D eigenvalue weighted by Gasteiger charge is -2.26. The summed E-state index contributed by atoms with van der Waals surface area (Å²) in [6.45, 7) is 2.99. The molecule has 2 aromatic rings. The van der Waals surface area contributed by atoms with Crippen molar-refractivity contribution in [3.63, 3.8) is 0 Å². The fraction of sp³-hybridized carbons (Fsp3) is 0.318. The van der Waals surface area contributed by atoms with E-state index in [-0.39, 0.29) is 16.9 Å². The lowest BCUT2D eigenvalue weighted by molar-refractivity contribution is -0.140. The second-order valence-electron chi connectivity index (χ2n) is 7.30. The summed E-state index contributed by atoms with van der Waals surface area (Å²) in [5.74, 6) is -2.16. The predicted molar refractivity (Wildman–Crippen MR) is 105 cm³/mol. The number of ketones is 1. The van der Waals surface area contributed by atoms with Gasteiger partial charge in [0, 0.05) is 24.8 Å². The van der Waals surface area contributed by atoms with Gasteiger partial charge in [0.15, 0.2) is 0 Å². The second-order valence-corrected chi connectivity index (χ2v) is 7.30. The molecule has 1 N–H and O–H groups in total. The highest BCUT2D eigenvalue weighted by molar-refractivity contribution is 6.46. The number of pyridine rings is 1. The van der Waals surface area contributed by atoms with Crippen LogP contribution in [0.1, 0.15) is 30.1 Å². The van der Waals surface area contributed by atoms with Crippen molar-refractivity contribution in [3.8, 4) is 0 Å². The Kier molecular flexibility index (Phi) is 5.40. The Balaban J connectivity index is 1.74. The normalized spacial score (nSPS) is 21.8. The van der Waals surface area contributed by atoms with Gasteiger partial charge in [-0.25, -0.2) is 4.39 Å². The first-order valence-corrected chi connectivity index (χ1v) is 9.74. The third kappa shape index (κ3) is 3.78. The zero-order valence-electron chi connectivity index (χ0n) is 15.9. The minimum atomic E-state index is -0.774. The summed E-state index contributed by atoms with van der Waals surface area (Å²) in [5, 5.41) is 10.8. The van der Waals surface area contributed by atoms with Crippen molar-refractivity contribution in [2.75, 3.05) is 26.2 Å². The number of carbonyl (C=O) groups is 2. The maximum absolute atomic E-state index is 13.3. The number of Topliss-reactive ketones (excluding diaryl/α,β-unsaturated/α-hetero) is 1. The molecule has 2 saturated heterocycles. The summed E-state index contributed by atoms with van der Waals surface area (Å²) < 4.78 is 13.3. The third-order valence-electron chi connectivity index (χ3n) is 5.48. The molecule has 1 amide bonds. The Morgan fingerprint density at radius 1 is 1.07 bits per heavy atom. The molecule has 2 aliphatic heterocycles. The van der Waals surface area contributed by atoms with E-state index in [9.17, 15) is 19.1 Å². The first-order valence-electron chi connectivity index (χ1n) is 9.74. The number of amides is 1. The Morgan fingerprint density at radius 3 is 2.45 bits per heavy atom. The number of aliphatic hydroxyl groups is 1. The van der Waals surface area contributed by atoms with Gasteiger partial charge in [-0.15, -0.1) is 0 Å². The molecule has 1 aromatic carbocycles. The SMILES string of the molecule is O=C1C(=O)N(CCN2CCCC2)C(c2ccccn2)/C1=C(\O)c1ccc(F)cc1. The van der Waals surface area contributed by atoms with Gasteiger partial charge in [-0.1, -0.05) is 6.07 Å². The van der Waals surface area contributed by atoms with Crippen LogP contribution in [0.25, 0.3) is 5.76 Å². The molecular weight excluding hydrogens is 373 g/mol. The van der Waals surface area contributed by atoms with Crippen LogP contribution in [0.3, 0.4) is 0 Å². The molecule has 7 heteroatoms. The highest BCUT2D eigenvalue weighted by Gasteiger charge is 2.46. The fourth-order valence-electron chi connectivity index (χ4n) is 3.97. The lowest BCUT2D eigenvalue weighted by Crippen LogP contribution is -2.37. The summed E-state index contributed by atoms with van der Waals surface area (Å²) >= 11 is 0. The predicted octanol–water partition coefficient (Wildman–Crippen LogP) is 2.74. The first kappa shape index (κ1) is 19.3. The Bertz CT molecular complexity index is 938. The van der Waals surface area contributed by atoms with Crippen LogP contribution in [-0.2, 0) is 9.59 Å². The van der Waals surface area contributed by atoms with E-state index < -0.39 is 23.5 Å². The molecule has 29 heavy (non-hydrogen) atoms. The number of rotatable bonds is 5. The van der Waals surface area contributed by atoms with Crippen LogP contribution in [0.4, 0.5) is 4.39 Å². The topological polar surface area (TPSA) is 73.7 Å². The van der Waals surface area contributed by atoms with Crippen molar-refractivity contribution in [2.45, 2.75) is 18.9 Å². The van der Waals surface area contributed by atoms with Gasteiger partial charge >= 0.3 is 0 Å². The maximum atomic E-state index is 13.3. The summed E-state index contributed by atoms with van der Waals surface area (Å²) in [4.78, 5) is 33.7. The number of hydrogen-bond donors (Lipinski definition) is 1. The van der Waals surface area contributed by atoms with Crippen molar-refractivity contribution in [3.05, 3.63) is 71.3 Å². The summed E-state index contributed by atoms with van der Waals surface area (Å²) in [5.41, 5.74) is 0.781. The molecule has 0 radical (unpaired) electrons. The monoisotopic (exact) mass is 395 g/mol. The van der Waals surface area contributed by atoms with Crippen LogP contribution in [-0.4, -0.2) is 57.8 Å². The number of hydrogen-bond acceptors (Lipinski definition) is 5. The molecule has 0 spiro atoms. The van der Waals surface area contributed by atoms with E-state index >= 15 is 0 Å². The van der Waals surface area contributed by atoms with Gasteiger partial charge in [-0.2, -0.15) is 0 Å². The Labute approximate surface area is 168 Å². The second kappa shape index (κ2) is 8.13. The largest absolute Gasteiger partial charge is 0.507 e. The molecule has 0 bridgehead atoms. The van der Waals surface area contributed by atoms with Crippen LogP contribution in [0, 0.1) is 5.82 Å². The molecule has 1 aromatic heterocycles. The van der Waals surface area contributed by atoms with E-state index in [0.29, 0.717) is 18.8 Å². The van der Waals surface area contributed by atoms with E-state index in [1.54, 1.807) is 24.4 Å². The molecule has 0 saturated carbocycles. The lowest BCUT2D eigenvalue weighted by atomic mass is 9.98. The first-order chi connectivity index (χ1) is 14.1. The van der Waals surface area contributed by atoms with Gasteiger partial charge in [0.2, 0.25) is 0 Å². The third-order valence-corrected chi connectivity index (χ3v) is 5.48. The number of aromatic nitrogens is 1. The van der Waals surface area contributed by atoms with Crippen LogP contribution in [0.15, 0.2) is 54.2 Å². The zero-order chi connectivity index (χ0) is 20.4. The number of nitrogens with zero attached hydrogens (tertiary/aromatic N) is 3. The molecule has 2 fully saturated rings. The molecule has 1 atom stereocenters.